The molecule has 1 aromatic carbocycles. The van der Waals surface area contributed by atoms with Gasteiger partial charge in [0.05, 0.1) is 15.5 Å². The van der Waals surface area contributed by atoms with Crippen LogP contribution >= 0.6 is 23.2 Å². The Kier molecular flexibility index (Phi) is 4.51. The minimum absolute atomic E-state index is 0.150. The first kappa shape index (κ1) is 15.8. The lowest BCUT2D eigenvalue weighted by Gasteiger charge is -2.07. The predicted octanol–water partition coefficient (Wildman–Crippen LogP) is 3.04. The van der Waals surface area contributed by atoms with Gasteiger partial charge in [0, 0.05) is 18.1 Å². The molecule has 0 radical (unpaired) electrons. The van der Waals surface area contributed by atoms with Crippen molar-refractivity contribution in [3.05, 3.63) is 52.3 Å². The lowest BCUT2D eigenvalue weighted by Crippen LogP contribution is -2.12. The number of nitrogens with one attached hydrogen (secondary N) is 1. The van der Waals surface area contributed by atoms with Crippen molar-refractivity contribution in [1.29, 1.82) is 0 Å². The van der Waals surface area contributed by atoms with Crippen molar-refractivity contribution in [1.82, 2.24) is 4.98 Å². The zero-order valence-corrected chi connectivity index (χ0v) is 13.1. The lowest BCUT2D eigenvalue weighted by molar-refractivity contribution is 0.102. The Morgan fingerprint density at radius 1 is 1.19 bits per heavy atom. The summed E-state index contributed by atoms with van der Waals surface area (Å²) in [6, 6.07) is 7.15. The van der Waals surface area contributed by atoms with Crippen LogP contribution in [0, 0.1) is 0 Å². The highest BCUT2D eigenvalue weighted by Crippen LogP contribution is 2.20. The Balaban J connectivity index is 2.22. The second-order valence-corrected chi connectivity index (χ2v) is 7.05. The maximum Gasteiger partial charge on any atom is 0.257 e. The average molecular weight is 345 g/mol. The SMILES string of the molecule is CS(=O)(=O)c1ccc(NC(=O)c2cc(Cl)ncc2Cl)cc1. The van der Waals surface area contributed by atoms with Crippen LogP contribution in [0.5, 0.6) is 0 Å². The van der Waals surface area contributed by atoms with Gasteiger partial charge in [-0.15, -0.1) is 0 Å². The molecule has 0 spiro atoms. The maximum absolute atomic E-state index is 12.1. The monoisotopic (exact) mass is 344 g/mol. The molecule has 0 saturated carbocycles. The molecule has 2 rings (SSSR count). The smallest absolute Gasteiger partial charge is 0.257 e. The van der Waals surface area contributed by atoms with E-state index in [2.05, 4.69) is 10.3 Å². The van der Waals surface area contributed by atoms with Gasteiger partial charge in [-0.25, -0.2) is 13.4 Å². The summed E-state index contributed by atoms with van der Waals surface area (Å²) < 4.78 is 22.7. The Morgan fingerprint density at radius 3 is 2.38 bits per heavy atom. The molecule has 8 heteroatoms. The Bertz CT molecular complexity index is 790. The summed E-state index contributed by atoms with van der Waals surface area (Å²) in [5.41, 5.74) is 0.625. The average Bonchev–Trinajstić information content (AvgIpc) is 2.41. The Labute approximate surface area is 131 Å². The van der Waals surface area contributed by atoms with Gasteiger partial charge in [-0.05, 0) is 30.3 Å². The van der Waals surface area contributed by atoms with Crippen LogP contribution in [0.3, 0.4) is 0 Å². The number of halogens is 2. The number of nitrogens with zero attached hydrogens (tertiary/aromatic N) is 1. The molecule has 1 aromatic heterocycles. The highest BCUT2D eigenvalue weighted by molar-refractivity contribution is 7.90. The van der Waals surface area contributed by atoms with Crippen LogP contribution in [0.25, 0.3) is 0 Å². The number of hydrogen-bond acceptors (Lipinski definition) is 4. The van der Waals surface area contributed by atoms with E-state index in [0.29, 0.717) is 5.69 Å². The summed E-state index contributed by atoms with van der Waals surface area (Å²) in [6.07, 6.45) is 2.39. The van der Waals surface area contributed by atoms with E-state index in [0.717, 1.165) is 6.26 Å². The minimum atomic E-state index is -3.27. The number of anilines is 1. The molecule has 5 nitrogen and oxygen atoms in total. The number of rotatable bonds is 3. The first-order valence-corrected chi connectivity index (χ1v) is 8.34. The van der Waals surface area contributed by atoms with Crippen molar-refractivity contribution in [3.8, 4) is 0 Å². The highest BCUT2D eigenvalue weighted by Gasteiger charge is 2.13. The third-order valence-corrected chi connectivity index (χ3v) is 4.24. The summed E-state index contributed by atoms with van der Waals surface area (Å²) in [5.74, 6) is -0.462. The van der Waals surface area contributed by atoms with Crippen LogP contribution in [0.2, 0.25) is 10.2 Å². The van der Waals surface area contributed by atoms with Crippen LogP contribution in [-0.4, -0.2) is 25.6 Å². The third-order valence-electron chi connectivity index (χ3n) is 2.61. The molecule has 0 atom stereocenters. The summed E-state index contributed by atoms with van der Waals surface area (Å²) in [4.78, 5) is 16.0. The van der Waals surface area contributed by atoms with Crippen molar-refractivity contribution < 1.29 is 13.2 Å². The van der Waals surface area contributed by atoms with Crippen LogP contribution in [0.1, 0.15) is 10.4 Å². The molecule has 0 aliphatic carbocycles. The van der Waals surface area contributed by atoms with Crippen molar-refractivity contribution in [2.75, 3.05) is 11.6 Å². The van der Waals surface area contributed by atoms with Crippen LogP contribution in [0.4, 0.5) is 5.69 Å². The van der Waals surface area contributed by atoms with Gasteiger partial charge < -0.3 is 5.32 Å². The maximum atomic E-state index is 12.1. The van der Waals surface area contributed by atoms with Gasteiger partial charge in [0.15, 0.2) is 9.84 Å². The number of pyridine rings is 1. The van der Waals surface area contributed by atoms with E-state index >= 15 is 0 Å². The fourth-order valence-electron chi connectivity index (χ4n) is 1.57. The quantitative estimate of drug-likeness (QED) is 0.868. The van der Waals surface area contributed by atoms with Crippen molar-refractivity contribution in [2.24, 2.45) is 0 Å². The van der Waals surface area contributed by atoms with Crippen molar-refractivity contribution >= 4 is 44.6 Å². The predicted molar refractivity (Wildman–Crippen MR) is 81.8 cm³/mol. The third kappa shape index (κ3) is 3.93. The molecule has 21 heavy (non-hydrogen) atoms. The van der Waals surface area contributed by atoms with Gasteiger partial charge in [0.25, 0.3) is 5.91 Å². The molecule has 0 fully saturated rings. The normalized spacial score (nSPS) is 11.2. The molecule has 110 valence electrons. The second kappa shape index (κ2) is 6.01. The number of sulfone groups is 1. The molecule has 0 aliphatic heterocycles. The number of hydrogen-bond donors (Lipinski definition) is 1. The highest BCUT2D eigenvalue weighted by atomic mass is 35.5. The summed E-state index contributed by atoms with van der Waals surface area (Å²) in [5, 5.41) is 2.92. The van der Waals surface area contributed by atoms with Crippen molar-refractivity contribution in [2.45, 2.75) is 4.90 Å². The first-order chi connectivity index (χ1) is 9.77. The molecule has 2 aromatic rings. The number of aromatic nitrogens is 1. The zero-order valence-electron chi connectivity index (χ0n) is 10.8. The topological polar surface area (TPSA) is 76.1 Å². The van der Waals surface area contributed by atoms with E-state index in [1.807, 2.05) is 0 Å². The van der Waals surface area contributed by atoms with E-state index in [-0.39, 0.29) is 20.6 Å². The summed E-state index contributed by atoms with van der Waals surface area (Å²) in [6.45, 7) is 0. The van der Waals surface area contributed by atoms with Crippen LogP contribution < -0.4 is 5.32 Å². The molecular weight excluding hydrogens is 335 g/mol. The number of benzene rings is 1. The van der Waals surface area contributed by atoms with Gasteiger partial charge in [-0.3, -0.25) is 4.79 Å². The van der Waals surface area contributed by atoms with Gasteiger partial charge >= 0.3 is 0 Å². The van der Waals surface area contributed by atoms with E-state index in [4.69, 9.17) is 23.2 Å². The van der Waals surface area contributed by atoms with E-state index < -0.39 is 15.7 Å². The molecule has 1 heterocycles. The Morgan fingerprint density at radius 2 is 1.81 bits per heavy atom. The standard InChI is InChI=1S/C13H10Cl2N2O3S/c1-21(19,20)9-4-2-8(3-5-9)17-13(18)10-6-12(15)16-7-11(10)14/h2-7H,1H3,(H,17,18). The van der Waals surface area contributed by atoms with Gasteiger partial charge in [0.2, 0.25) is 0 Å². The fraction of sp³-hybridized carbons (Fsp3) is 0.0769. The van der Waals surface area contributed by atoms with E-state index in [1.165, 1.54) is 36.5 Å². The molecule has 0 bridgehead atoms. The zero-order chi connectivity index (χ0) is 15.6. The molecule has 1 N–H and O–H groups in total. The second-order valence-electron chi connectivity index (χ2n) is 4.24. The lowest BCUT2D eigenvalue weighted by atomic mass is 10.2. The fourth-order valence-corrected chi connectivity index (χ4v) is 2.55. The van der Waals surface area contributed by atoms with Crippen LogP contribution in [-0.2, 0) is 9.84 Å². The van der Waals surface area contributed by atoms with Gasteiger partial charge in [0.1, 0.15) is 5.15 Å². The molecule has 1 amide bonds. The van der Waals surface area contributed by atoms with E-state index in [9.17, 15) is 13.2 Å². The number of amides is 1. The van der Waals surface area contributed by atoms with Crippen molar-refractivity contribution in [3.63, 3.8) is 0 Å². The molecule has 0 saturated heterocycles. The summed E-state index contributed by atoms with van der Waals surface area (Å²) >= 11 is 11.6. The van der Waals surface area contributed by atoms with E-state index in [1.54, 1.807) is 0 Å². The first-order valence-electron chi connectivity index (χ1n) is 5.70. The largest absolute Gasteiger partial charge is 0.322 e. The molecule has 0 aliphatic rings. The minimum Gasteiger partial charge on any atom is -0.322 e. The number of carbonyl (C=O) groups excluding carboxylic acids is 1. The van der Waals surface area contributed by atoms with Gasteiger partial charge in [-0.2, -0.15) is 0 Å². The molecule has 0 unspecified atom stereocenters. The number of carbonyl (C=O) groups is 1. The Hall–Kier alpha value is -1.63. The van der Waals surface area contributed by atoms with Gasteiger partial charge in [-0.1, -0.05) is 23.2 Å². The van der Waals surface area contributed by atoms with Crippen LogP contribution in [0.15, 0.2) is 41.4 Å². The summed E-state index contributed by atoms with van der Waals surface area (Å²) in [7, 11) is -3.27. The molecular formula is C13H10Cl2N2O3S.